The molecule has 2 aromatic heterocycles. The molecule has 0 fully saturated rings. The highest BCUT2D eigenvalue weighted by Gasteiger charge is 2.47. The molecule has 1 amide bonds. The van der Waals surface area contributed by atoms with Crippen molar-refractivity contribution < 1.29 is 33.3 Å². The smallest absolute Gasteiger partial charge is 0.296 e. The maximum atomic E-state index is 14.3. The summed E-state index contributed by atoms with van der Waals surface area (Å²) >= 11 is 1.33. The number of aryl methyl sites for hydroxylation is 2. The van der Waals surface area contributed by atoms with E-state index in [1.54, 1.807) is 42.5 Å². The standard InChI is InChI=1S/C35H34N2O7S/c1-6-8-14-43-23-13-12-21(17-25(23)42-7-2)30-28(31(38)26-18-22-10-9-11-24(41-5)33(22)44-26)32(39)34(40)37(30)35-36-29-20(4)15-19(3)16-27(29)45-35/h9-13,15-18,30,39H,6-8,14H2,1-5H3. The van der Waals surface area contributed by atoms with Crippen LogP contribution < -0.4 is 19.1 Å². The number of Topliss-reactive ketones (excluding diaryl/α,β-unsaturated/α-hetero) is 1. The molecule has 45 heavy (non-hydrogen) atoms. The van der Waals surface area contributed by atoms with E-state index in [4.69, 9.17) is 23.6 Å². The second kappa shape index (κ2) is 12.3. The third kappa shape index (κ3) is 5.39. The highest BCUT2D eigenvalue weighted by atomic mass is 32.1. The molecule has 0 spiro atoms. The molecule has 9 nitrogen and oxygen atoms in total. The van der Waals surface area contributed by atoms with Crippen molar-refractivity contribution in [1.82, 2.24) is 4.98 Å². The fourth-order valence-corrected chi connectivity index (χ4v) is 6.83. The number of aromatic nitrogens is 1. The lowest BCUT2D eigenvalue weighted by molar-refractivity contribution is -0.117. The average molecular weight is 627 g/mol. The number of anilines is 1. The van der Waals surface area contributed by atoms with Crippen molar-refractivity contribution in [1.29, 1.82) is 0 Å². The molecule has 0 aliphatic carbocycles. The van der Waals surface area contributed by atoms with Gasteiger partial charge in [-0.15, -0.1) is 0 Å². The molecule has 1 N–H and O–H groups in total. The monoisotopic (exact) mass is 626 g/mol. The number of unbranched alkanes of at least 4 members (excludes halogenated alkanes) is 1. The molecular formula is C35H34N2O7S. The zero-order valence-corrected chi connectivity index (χ0v) is 26.6. The van der Waals surface area contributed by atoms with Gasteiger partial charge in [0, 0.05) is 5.39 Å². The number of methoxy groups -OCH3 is 1. The van der Waals surface area contributed by atoms with Crippen LogP contribution in [0, 0.1) is 13.8 Å². The highest BCUT2D eigenvalue weighted by molar-refractivity contribution is 7.22. The van der Waals surface area contributed by atoms with Crippen LogP contribution in [-0.4, -0.2) is 42.1 Å². The van der Waals surface area contributed by atoms with Crippen molar-refractivity contribution in [2.45, 2.75) is 46.6 Å². The van der Waals surface area contributed by atoms with Crippen molar-refractivity contribution in [3.63, 3.8) is 0 Å². The number of amides is 1. The summed E-state index contributed by atoms with van der Waals surface area (Å²) in [7, 11) is 1.52. The number of benzene rings is 3. The van der Waals surface area contributed by atoms with Crippen molar-refractivity contribution in [3.8, 4) is 17.2 Å². The number of ketones is 1. The Morgan fingerprint density at radius 3 is 2.62 bits per heavy atom. The number of thiazole rings is 1. The van der Waals surface area contributed by atoms with Crippen molar-refractivity contribution >= 4 is 49.3 Å². The van der Waals surface area contributed by atoms with E-state index in [0.717, 1.165) is 34.2 Å². The summed E-state index contributed by atoms with van der Waals surface area (Å²) in [4.78, 5) is 34.4. The van der Waals surface area contributed by atoms with Gasteiger partial charge in [-0.25, -0.2) is 4.98 Å². The molecule has 1 atom stereocenters. The number of rotatable bonds is 11. The van der Waals surface area contributed by atoms with Crippen LogP contribution in [0.3, 0.4) is 0 Å². The Morgan fingerprint density at radius 1 is 1.04 bits per heavy atom. The first-order valence-corrected chi connectivity index (χ1v) is 15.7. The van der Waals surface area contributed by atoms with Crippen LogP contribution >= 0.6 is 11.3 Å². The van der Waals surface area contributed by atoms with Gasteiger partial charge in [-0.1, -0.05) is 48.9 Å². The summed E-state index contributed by atoms with van der Waals surface area (Å²) in [6.07, 6.45) is 1.86. The second-order valence-corrected chi connectivity index (χ2v) is 11.9. The van der Waals surface area contributed by atoms with E-state index >= 15 is 0 Å². The number of aliphatic hydroxyl groups excluding tert-OH is 1. The molecule has 5 aromatic rings. The number of carbonyl (C=O) groups is 2. The third-order valence-corrected chi connectivity index (χ3v) is 8.77. The van der Waals surface area contributed by atoms with Crippen molar-refractivity contribution in [2.75, 3.05) is 25.2 Å². The van der Waals surface area contributed by atoms with E-state index in [2.05, 4.69) is 6.92 Å². The van der Waals surface area contributed by atoms with E-state index in [1.165, 1.54) is 23.3 Å². The number of carbonyl (C=O) groups excluding carboxylic acids is 2. The fraction of sp³-hybridized carbons (Fsp3) is 0.286. The lowest BCUT2D eigenvalue weighted by Crippen LogP contribution is -2.31. The van der Waals surface area contributed by atoms with Crippen LogP contribution in [0.25, 0.3) is 21.2 Å². The summed E-state index contributed by atoms with van der Waals surface area (Å²) in [5.74, 6) is -0.553. The maximum absolute atomic E-state index is 14.3. The molecule has 3 aromatic carbocycles. The molecular weight excluding hydrogens is 592 g/mol. The number of furan rings is 1. The minimum absolute atomic E-state index is 0.0315. The Labute approximate surface area is 264 Å². The first-order chi connectivity index (χ1) is 21.7. The van der Waals surface area contributed by atoms with E-state index in [0.29, 0.717) is 52.1 Å². The SMILES string of the molecule is CCCCOc1ccc(C2C(C(=O)c3cc4cccc(OC)c4o3)=C(O)C(=O)N2c2nc3c(C)cc(C)cc3s2)cc1OCC. The first-order valence-electron chi connectivity index (χ1n) is 14.9. The molecule has 1 aliphatic rings. The summed E-state index contributed by atoms with van der Waals surface area (Å²) in [6.45, 7) is 8.83. The molecule has 232 valence electrons. The predicted molar refractivity (Wildman–Crippen MR) is 174 cm³/mol. The maximum Gasteiger partial charge on any atom is 0.296 e. The van der Waals surface area contributed by atoms with Crippen LogP contribution in [0.2, 0.25) is 0 Å². The molecule has 10 heteroatoms. The molecule has 0 bridgehead atoms. The molecule has 3 heterocycles. The number of aliphatic hydroxyl groups is 1. The summed E-state index contributed by atoms with van der Waals surface area (Å²) < 4.78 is 24.2. The van der Waals surface area contributed by atoms with Gasteiger partial charge in [-0.05, 0) is 74.2 Å². The number of nitrogens with zero attached hydrogens (tertiary/aromatic N) is 2. The Kier molecular flexibility index (Phi) is 8.24. The Hall–Kier alpha value is -4.83. The molecule has 1 aliphatic heterocycles. The van der Waals surface area contributed by atoms with Crippen LogP contribution in [0.4, 0.5) is 5.13 Å². The Balaban J connectivity index is 1.51. The molecule has 1 unspecified atom stereocenters. The van der Waals surface area contributed by atoms with Crippen LogP contribution in [0.15, 0.2) is 70.3 Å². The van der Waals surface area contributed by atoms with Gasteiger partial charge in [0.05, 0.1) is 42.2 Å². The molecule has 0 saturated heterocycles. The van der Waals surface area contributed by atoms with Gasteiger partial charge in [-0.3, -0.25) is 14.5 Å². The summed E-state index contributed by atoms with van der Waals surface area (Å²) in [6, 6.07) is 15.2. The van der Waals surface area contributed by atoms with Gasteiger partial charge in [0.15, 0.2) is 39.5 Å². The first kappa shape index (κ1) is 30.2. The predicted octanol–water partition coefficient (Wildman–Crippen LogP) is 8.03. The topological polar surface area (TPSA) is 111 Å². The lowest BCUT2D eigenvalue weighted by atomic mass is 9.95. The Morgan fingerprint density at radius 2 is 1.87 bits per heavy atom. The molecule has 6 rings (SSSR count). The van der Waals surface area contributed by atoms with Crippen molar-refractivity contribution in [2.24, 2.45) is 0 Å². The molecule has 0 radical (unpaired) electrons. The van der Waals surface area contributed by atoms with Gasteiger partial charge in [-0.2, -0.15) is 0 Å². The normalized spacial score (nSPS) is 15.0. The Bertz CT molecular complexity index is 1970. The zero-order chi connectivity index (χ0) is 31.8. The number of hydrogen-bond acceptors (Lipinski definition) is 9. The summed E-state index contributed by atoms with van der Waals surface area (Å²) in [5, 5.41) is 12.4. The van der Waals surface area contributed by atoms with Gasteiger partial charge < -0.3 is 23.7 Å². The van der Waals surface area contributed by atoms with Crippen LogP contribution in [0.1, 0.15) is 60.0 Å². The van der Waals surface area contributed by atoms with Gasteiger partial charge in [0.2, 0.25) is 5.78 Å². The van der Waals surface area contributed by atoms with Gasteiger partial charge in [0.25, 0.3) is 5.91 Å². The van der Waals surface area contributed by atoms with E-state index in [1.807, 2.05) is 32.9 Å². The minimum atomic E-state index is -1.02. The lowest BCUT2D eigenvalue weighted by Gasteiger charge is -2.25. The zero-order valence-electron chi connectivity index (χ0n) is 25.8. The van der Waals surface area contributed by atoms with Crippen LogP contribution in [-0.2, 0) is 4.79 Å². The van der Waals surface area contributed by atoms with Gasteiger partial charge in [0.1, 0.15) is 0 Å². The highest BCUT2D eigenvalue weighted by Crippen LogP contribution is 2.46. The van der Waals surface area contributed by atoms with E-state index < -0.39 is 23.5 Å². The number of fused-ring (bicyclic) bond motifs is 2. The van der Waals surface area contributed by atoms with Gasteiger partial charge >= 0.3 is 0 Å². The largest absolute Gasteiger partial charge is 0.503 e. The number of ether oxygens (including phenoxy) is 3. The molecule has 0 saturated carbocycles. The average Bonchev–Trinajstić information content (AvgIpc) is 3.72. The van der Waals surface area contributed by atoms with Crippen LogP contribution in [0.5, 0.6) is 17.2 Å². The summed E-state index contributed by atoms with van der Waals surface area (Å²) in [5.41, 5.74) is 3.61. The quantitative estimate of drug-likeness (QED) is 0.116. The minimum Gasteiger partial charge on any atom is -0.503 e. The van der Waals surface area contributed by atoms with Crippen molar-refractivity contribution in [3.05, 3.63) is 88.4 Å². The van der Waals surface area contributed by atoms with E-state index in [9.17, 15) is 14.7 Å². The number of para-hydroxylation sites is 1. The van der Waals surface area contributed by atoms with E-state index in [-0.39, 0.29) is 11.3 Å². The second-order valence-electron chi connectivity index (χ2n) is 10.9. The number of hydrogen-bond donors (Lipinski definition) is 1. The third-order valence-electron chi connectivity index (χ3n) is 7.77. The fourth-order valence-electron chi connectivity index (χ4n) is 5.66.